The van der Waals surface area contributed by atoms with E-state index in [1.807, 2.05) is 24.3 Å². The van der Waals surface area contributed by atoms with Gasteiger partial charge < -0.3 is 0 Å². The highest BCUT2D eigenvalue weighted by molar-refractivity contribution is 6.32. The van der Waals surface area contributed by atoms with Gasteiger partial charge in [0.15, 0.2) is 0 Å². The zero-order valence-corrected chi connectivity index (χ0v) is 35.8. The normalized spacial score (nSPS) is 11.5. The summed E-state index contributed by atoms with van der Waals surface area (Å²) in [5.74, 6) is -0.554. The van der Waals surface area contributed by atoms with E-state index in [-0.39, 0.29) is 11.6 Å². The summed E-state index contributed by atoms with van der Waals surface area (Å²) in [7, 11) is 0. The molecule has 0 aliphatic heterocycles. The molecule has 0 N–H and O–H groups in total. The zero-order chi connectivity index (χ0) is 44.1. The fraction of sp³-hybridized carbons (Fsp3) is 0. The molecule has 0 fully saturated rings. The third-order valence-electron chi connectivity index (χ3n) is 13.1. The summed E-state index contributed by atoms with van der Waals surface area (Å²) in [5.41, 5.74) is 17.2. The smallest absolute Gasteiger partial charge is 0.123 e. The first-order valence-electron chi connectivity index (χ1n) is 22.4. The number of halogens is 2. The molecule has 0 nitrogen and oxygen atoms in total. The van der Waals surface area contributed by atoms with Crippen LogP contribution < -0.4 is 0 Å². The van der Waals surface area contributed by atoms with Crippen LogP contribution in [0.5, 0.6) is 0 Å². The molecule has 12 aromatic rings. The predicted octanol–water partition coefficient (Wildman–Crippen LogP) is 18.2. The van der Waals surface area contributed by atoms with E-state index in [2.05, 4.69) is 194 Å². The average Bonchev–Trinajstić information content (AvgIpc) is 3.39. The van der Waals surface area contributed by atoms with E-state index in [0.29, 0.717) is 0 Å². The Kier molecular flexibility index (Phi) is 9.65. The molecule has 66 heavy (non-hydrogen) atoms. The lowest BCUT2D eigenvalue weighted by Crippen LogP contribution is -1.95. The summed E-state index contributed by atoms with van der Waals surface area (Å²) in [5, 5.41) is 6.63. The summed E-state index contributed by atoms with van der Waals surface area (Å²) >= 11 is 0. The molecule has 0 bridgehead atoms. The third-order valence-corrected chi connectivity index (χ3v) is 13.1. The van der Waals surface area contributed by atoms with Crippen LogP contribution in [0.3, 0.4) is 0 Å². The Bertz CT molecular complexity index is 3350. The van der Waals surface area contributed by atoms with Gasteiger partial charge in [0.05, 0.1) is 0 Å². The Labute approximate surface area is 382 Å². The largest absolute Gasteiger partial charge is 0.207 e. The molecule has 12 rings (SSSR count). The number of hydrogen-bond acceptors (Lipinski definition) is 0. The first-order chi connectivity index (χ1) is 32.5. The molecular weight excluding hydrogens is 807 g/mol. The second-order valence-corrected chi connectivity index (χ2v) is 17.1. The van der Waals surface area contributed by atoms with Crippen molar-refractivity contribution >= 4 is 32.3 Å². The van der Waals surface area contributed by atoms with E-state index in [0.717, 1.165) is 121 Å². The molecule has 0 amide bonds. The number of rotatable bonds is 8. The van der Waals surface area contributed by atoms with Crippen LogP contribution in [0.4, 0.5) is 8.78 Å². The van der Waals surface area contributed by atoms with Crippen molar-refractivity contribution in [2.45, 2.75) is 0 Å². The lowest BCUT2D eigenvalue weighted by Gasteiger charge is -2.22. The van der Waals surface area contributed by atoms with Crippen LogP contribution in [-0.4, -0.2) is 0 Å². The van der Waals surface area contributed by atoms with Crippen LogP contribution in [0.1, 0.15) is 0 Å². The molecule has 310 valence electrons. The van der Waals surface area contributed by atoms with Gasteiger partial charge in [0.2, 0.25) is 0 Å². The molecule has 0 saturated heterocycles. The number of hydrogen-bond donors (Lipinski definition) is 0. The van der Waals surface area contributed by atoms with Crippen molar-refractivity contribution in [1.82, 2.24) is 0 Å². The fourth-order valence-corrected chi connectivity index (χ4v) is 9.96. The monoisotopic (exact) mass is 846 g/mol. The lowest BCUT2D eigenvalue weighted by molar-refractivity contribution is 0.627. The van der Waals surface area contributed by atoms with Crippen LogP contribution in [0, 0.1) is 11.6 Å². The second-order valence-electron chi connectivity index (χ2n) is 17.1. The molecule has 0 atom stereocenters. The topological polar surface area (TPSA) is 0 Å². The van der Waals surface area contributed by atoms with Crippen LogP contribution in [0.15, 0.2) is 243 Å². The van der Waals surface area contributed by atoms with Gasteiger partial charge in [-0.3, -0.25) is 0 Å². The van der Waals surface area contributed by atoms with Gasteiger partial charge in [-0.05, 0) is 194 Å². The first kappa shape index (κ1) is 39.2. The van der Waals surface area contributed by atoms with Gasteiger partial charge in [0.25, 0.3) is 0 Å². The maximum Gasteiger partial charge on any atom is 0.123 e. The molecule has 0 heterocycles. The molecule has 0 saturated carbocycles. The SMILES string of the molecule is Fc1ccc(-c2cc(-c3cc(-c4ccccc4)cc(-c4ccccc4)c3)c3ccc4c(-c5ccc(F)cc5)cc(-c5cc(-c6ccccc6)cc(-c6ccccc6)c5)c5ccc2c3c45)cc1. The molecule has 0 unspecified atom stereocenters. The Morgan fingerprint density at radius 2 is 0.424 bits per heavy atom. The maximum absolute atomic E-state index is 14.7. The van der Waals surface area contributed by atoms with E-state index in [4.69, 9.17) is 0 Å². The third kappa shape index (κ3) is 7.01. The van der Waals surface area contributed by atoms with Gasteiger partial charge in [-0.1, -0.05) is 170 Å². The Morgan fingerprint density at radius 1 is 0.182 bits per heavy atom. The molecule has 0 spiro atoms. The summed E-state index contributed by atoms with van der Waals surface area (Å²) in [6.45, 7) is 0. The van der Waals surface area contributed by atoms with Crippen LogP contribution in [0.25, 0.3) is 121 Å². The van der Waals surface area contributed by atoms with Crippen LogP contribution in [0.2, 0.25) is 0 Å². The highest BCUT2D eigenvalue weighted by Gasteiger charge is 2.22. The average molecular weight is 847 g/mol. The summed E-state index contributed by atoms with van der Waals surface area (Å²) in [4.78, 5) is 0. The highest BCUT2D eigenvalue weighted by atomic mass is 19.1. The van der Waals surface area contributed by atoms with Crippen molar-refractivity contribution in [3.8, 4) is 89.0 Å². The van der Waals surface area contributed by atoms with E-state index < -0.39 is 0 Å². The summed E-state index contributed by atoms with van der Waals surface area (Å²) < 4.78 is 29.4. The quantitative estimate of drug-likeness (QED) is 0.134. The maximum atomic E-state index is 14.7. The summed E-state index contributed by atoms with van der Waals surface area (Å²) in [6, 6.07) is 83.3. The van der Waals surface area contributed by atoms with Gasteiger partial charge in [-0.15, -0.1) is 0 Å². The van der Waals surface area contributed by atoms with Crippen LogP contribution >= 0.6 is 0 Å². The van der Waals surface area contributed by atoms with Crippen molar-refractivity contribution in [1.29, 1.82) is 0 Å². The van der Waals surface area contributed by atoms with Crippen molar-refractivity contribution in [2.75, 3.05) is 0 Å². The Morgan fingerprint density at radius 3 is 0.697 bits per heavy atom. The van der Waals surface area contributed by atoms with E-state index in [1.54, 1.807) is 24.3 Å². The van der Waals surface area contributed by atoms with Gasteiger partial charge in [0.1, 0.15) is 11.6 Å². The van der Waals surface area contributed by atoms with Gasteiger partial charge >= 0.3 is 0 Å². The van der Waals surface area contributed by atoms with E-state index in [9.17, 15) is 8.78 Å². The molecule has 12 aromatic carbocycles. The molecule has 0 aromatic heterocycles. The first-order valence-corrected chi connectivity index (χ1v) is 22.4. The second kappa shape index (κ2) is 16.3. The summed E-state index contributed by atoms with van der Waals surface area (Å²) in [6.07, 6.45) is 0. The predicted molar refractivity (Wildman–Crippen MR) is 274 cm³/mol. The van der Waals surface area contributed by atoms with E-state index in [1.165, 1.54) is 0 Å². The minimum absolute atomic E-state index is 0.277. The van der Waals surface area contributed by atoms with Crippen LogP contribution in [-0.2, 0) is 0 Å². The molecule has 2 heteroatoms. The highest BCUT2D eigenvalue weighted by Crippen LogP contribution is 2.50. The minimum Gasteiger partial charge on any atom is -0.207 e. The molecule has 0 aliphatic rings. The van der Waals surface area contributed by atoms with Crippen molar-refractivity contribution in [2.24, 2.45) is 0 Å². The van der Waals surface area contributed by atoms with Gasteiger partial charge in [-0.25, -0.2) is 8.78 Å². The minimum atomic E-state index is -0.277. The molecule has 0 aliphatic carbocycles. The van der Waals surface area contributed by atoms with Crippen molar-refractivity contribution in [3.63, 3.8) is 0 Å². The standard InChI is InChI=1S/C64H40F2/c65-53-25-21-45(22-26-53)59-39-61(51-35-47(41-13-5-1-6-14-41)33-48(36-51)42-15-7-2-8-16-42)57-31-29-56-60(46-23-27-54(66)28-24-46)40-62(58-32-30-55(59)63(57)64(56)58)52-37-49(43-17-9-3-10-18-43)34-50(38-52)44-19-11-4-12-20-44/h1-40H. The number of benzene rings is 12. The zero-order valence-electron chi connectivity index (χ0n) is 35.8. The van der Waals surface area contributed by atoms with Crippen molar-refractivity contribution in [3.05, 3.63) is 254 Å². The molecular formula is C64H40F2. The van der Waals surface area contributed by atoms with Gasteiger partial charge in [0, 0.05) is 0 Å². The Balaban J connectivity index is 1.21. The van der Waals surface area contributed by atoms with Crippen molar-refractivity contribution < 1.29 is 8.78 Å². The lowest BCUT2D eigenvalue weighted by atomic mass is 9.81. The van der Waals surface area contributed by atoms with E-state index >= 15 is 0 Å². The fourth-order valence-electron chi connectivity index (χ4n) is 9.96. The Hall–Kier alpha value is -8.46. The molecule has 0 radical (unpaired) electrons. The van der Waals surface area contributed by atoms with Gasteiger partial charge in [-0.2, -0.15) is 0 Å².